The fourth-order valence-electron chi connectivity index (χ4n) is 4.29. The van der Waals surface area contributed by atoms with Gasteiger partial charge < -0.3 is 23.3 Å². The Bertz CT molecular complexity index is 1330. The van der Waals surface area contributed by atoms with Crippen LogP contribution in [0.1, 0.15) is 11.3 Å². The van der Waals surface area contributed by atoms with Gasteiger partial charge in [0.25, 0.3) is 0 Å². The van der Waals surface area contributed by atoms with Crippen molar-refractivity contribution in [3.05, 3.63) is 72.1 Å². The number of morpholine rings is 1. The Labute approximate surface area is 194 Å². The van der Waals surface area contributed by atoms with Gasteiger partial charge in [-0.15, -0.1) is 0 Å². The molecule has 0 saturated carbocycles. The van der Waals surface area contributed by atoms with Gasteiger partial charge in [0.05, 0.1) is 55.3 Å². The number of ether oxygens (including phenoxy) is 2. The smallest absolute Gasteiger partial charge is 0.409 e. The predicted octanol–water partition coefficient (Wildman–Crippen LogP) is 3.78. The number of aromatic nitrogens is 4. The fourth-order valence-corrected chi connectivity index (χ4v) is 4.29. The maximum absolute atomic E-state index is 15.3. The van der Waals surface area contributed by atoms with Crippen LogP contribution in [-0.4, -0.2) is 62.8 Å². The second kappa shape index (κ2) is 8.86. The molecule has 34 heavy (non-hydrogen) atoms. The molecule has 1 amide bonds. The van der Waals surface area contributed by atoms with Gasteiger partial charge in [-0.25, -0.2) is 23.5 Å². The lowest BCUT2D eigenvalue weighted by atomic mass is 10.0. The van der Waals surface area contributed by atoms with Crippen LogP contribution in [-0.2, 0) is 15.9 Å². The summed E-state index contributed by atoms with van der Waals surface area (Å²) in [4.78, 5) is 22.1. The van der Waals surface area contributed by atoms with Gasteiger partial charge in [-0.05, 0) is 36.8 Å². The number of amides is 1. The highest BCUT2D eigenvalue weighted by molar-refractivity contribution is 5.70. The number of aryl methyl sites for hydroxylation is 1. The van der Waals surface area contributed by atoms with Gasteiger partial charge in [-0.3, -0.25) is 0 Å². The standard InChI is InChI=1S/C24H23F2N5O3/c1-15-3-5-31-20(12-17-13-29(7-8-34-17)24(32)33-2)23(28-21(31)9-15)22-18(25)10-16(11-19(22)26)30-6-4-27-14-30/h3-6,9-11,14,17H,7-8,12-13H2,1-2H3/t17-/m0/s1. The molecule has 1 aromatic carbocycles. The number of methoxy groups -OCH3 is 1. The third-order valence-electron chi connectivity index (χ3n) is 5.94. The summed E-state index contributed by atoms with van der Waals surface area (Å²) in [6.07, 6.45) is 5.93. The summed E-state index contributed by atoms with van der Waals surface area (Å²) >= 11 is 0. The molecule has 176 valence electrons. The first-order valence-electron chi connectivity index (χ1n) is 10.8. The average Bonchev–Trinajstić information content (AvgIpc) is 3.47. The van der Waals surface area contributed by atoms with Crippen LogP contribution in [0.2, 0.25) is 0 Å². The molecule has 0 radical (unpaired) electrons. The second-order valence-corrected chi connectivity index (χ2v) is 8.21. The van der Waals surface area contributed by atoms with Crippen molar-refractivity contribution in [1.82, 2.24) is 23.8 Å². The summed E-state index contributed by atoms with van der Waals surface area (Å²) in [6.45, 7) is 2.98. The minimum Gasteiger partial charge on any atom is -0.453 e. The zero-order chi connectivity index (χ0) is 23.8. The van der Waals surface area contributed by atoms with Crippen LogP contribution in [0.4, 0.5) is 13.6 Å². The Kier molecular flexibility index (Phi) is 5.74. The van der Waals surface area contributed by atoms with Crippen molar-refractivity contribution in [2.75, 3.05) is 26.8 Å². The molecule has 4 heterocycles. The van der Waals surface area contributed by atoms with Crippen LogP contribution in [0.15, 0.2) is 49.2 Å². The van der Waals surface area contributed by atoms with E-state index in [-0.39, 0.29) is 17.4 Å². The van der Waals surface area contributed by atoms with Crippen molar-refractivity contribution in [2.45, 2.75) is 19.4 Å². The van der Waals surface area contributed by atoms with E-state index >= 15 is 8.78 Å². The fraction of sp³-hybridized carbons (Fsp3) is 0.292. The number of imidazole rings is 2. The van der Waals surface area contributed by atoms with E-state index in [2.05, 4.69) is 9.97 Å². The van der Waals surface area contributed by atoms with Crippen molar-refractivity contribution < 1.29 is 23.0 Å². The number of halogens is 2. The molecule has 1 atom stereocenters. The topological polar surface area (TPSA) is 73.9 Å². The number of hydrogen-bond acceptors (Lipinski definition) is 5. The molecule has 0 unspecified atom stereocenters. The summed E-state index contributed by atoms with van der Waals surface area (Å²) in [5.74, 6) is -1.46. The minimum atomic E-state index is -0.731. The molecule has 1 saturated heterocycles. The van der Waals surface area contributed by atoms with Crippen LogP contribution in [0, 0.1) is 18.6 Å². The number of benzene rings is 1. The normalized spacial score (nSPS) is 16.2. The van der Waals surface area contributed by atoms with E-state index in [1.165, 1.54) is 36.3 Å². The predicted molar refractivity (Wildman–Crippen MR) is 120 cm³/mol. The molecule has 0 spiro atoms. The lowest BCUT2D eigenvalue weighted by Crippen LogP contribution is -2.46. The van der Waals surface area contributed by atoms with E-state index in [1.807, 2.05) is 29.7 Å². The number of pyridine rings is 1. The van der Waals surface area contributed by atoms with E-state index in [0.29, 0.717) is 43.1 Å². The van der Waals surface area contributed by atoms with Crippen molar-refractivity contribution in [1.29, 1.82) is 0 Å². The largest absolute Gasteiger partial charge is 0.453 e. The molecular weight excluding hydrogens is 444 g/mol. The maximum atomic E-state index is 15.3. The molecule has 0 bridgehead atoms. The maximum Gasteiger partial charge on any atom is 0.409 e. The van der Waals surface area contributed by atoms with E-state index in [9.17, 15) is 4.79 Å². The van der Waals surface area contributed by atoms with Crippen molar-refractivity contribution in [2.24, 2.45) is 0 Å². The number of carbonyl (C=O) groups excluding carboxylic acids is 1. The van der Waals surface area contributed by atoms with E-state index in [4.69, 9.17) is 9.47 Å². The molecule has 1 fully saturated rings. The number of rotatable bonds is 4. The Morgan fingerprint density at radius 3 is 2.74 bits per heavy atom. The molecule has 1 aliphatic heterocycles. The number of nitrogens with zero attached hydrogens (tertiary/aromatic N) is 5. The molecule has 3 aromatic heterocycles. The number of fused-ring (bicyclic) bond motifs is 1. The Hall–Kier alpha value is -3.79. The monoisotopic (exact) mass is 467 g/mol. The van der Waals surface area contributed by atoms with Crippen molar-refractivity contribution in [3.63, 3.8) is 0 Å². The molecule has 8 nitrogen and oxygen atoms in total. The molecule has 1 aliphatic rings. The van der Waals surface area contributed by atoms with Crippen LogP contribution in [0.25, 0.3) is 22.6 Å². The summed E-state index contributed by atoms with van der Waals surface area (Å²) in [5, 5.41) is 0. The molecule has 0 aliphatic carbocycles. The average molecular weight is 467 g/mol. The Balaban J connectivity index is 1.58. The highest BCUT2D eigenvalue weighted by atomic mass is 19.1. The lowest BCUT2D eigenvalue weighted by Gasteiger charge is -2.32. The summed E-state index contributed by atoms with van der Waals surface area (Å²) < 4.78 is 44.7. The van der Waals surface area contributed by atoms with Gasteiger partial charge in [0.15, 0.2) is 0 Å². The molecule has 10 heteroatoms. The van der Waals surface area contributed by atoms with Gasteiger partial charge in [0, 0.05) is 31.6 Å². The molecular formula is C24H23F2N5O3. The van der Waals surface area contributed by atoms with E-state index in [1.54, 1.807) is 11.1 Å². The third kappa shape index (κ3) is 4.01. The van der Waals surface area contributed by atoms with Gasteiger partial charge in [0.1, 0.15) is 17.3 Å². The quantitative estimate of drug-likeness (QED) is 0.457. The van der Waals surface area contributed by atoms with E-state index in [0.717, 1.165) is 5.56 Å². The number of carbonyl (C=O) groups is 1. The first-order valence-corrected chi connectivity index (χ1v) is 10.8. The summed E-state index contributed by atoms with van der Waals surface area (Å²) in [7, 11) is 1.33. The van der Waals surface area contributed by atoms with Gasteiger partial charge >= 0.3 is 6.09 Å². The minimum absolute atomic E-state index is 0.205. The van der Waals surface area contributed by atoms with Gasteiger partial charge in [0.2, 0.25) is 0 Å². The van der Waals surface area contributed by atoms with Gasteiger partial charge in [-0.1, -0.05) is 0 Å². The summed E-state index contributed by atoms with van der Waals surface area (Å²) in [5.41, 5.74) is 2.46. The Morgan fingerprint density at radius 1 is 1.24 bits per heavy atom. The zero-order valence-electron chi connectivity index (χ0n) is 18.7. The van der Waals surface area contributed by atoms with Crippen LogP contribution < -0.4 is 0 Å². The lowest BCUT2D eigenvalue weighted by molar-refractivity contribution is -0.0241. The molecule has 0 N–H and O–H groups in total. The van der Waals surface area contributed by atoms with Crippen LogP contribution >= 0.6 is 0 Å². The highest BCUT2D eigenvalue weighted by Crippen LogP contribution is 2.32. The third-order valence-corrected chi connectivity index (χ3v) is 5.94. The van der Waals surface area contributed by atoms with Crippen molar-refractivity contribution in [3.8, 4) is 16.9 Å². The highest BCUT2D eigenvalue weighted by Gasteiger charge is 2.29. The number of hydrogen-bond donors (Lipinski definition) is 0. The van der Waals surface area contributed by atoms with Gasteiger partial charge in [-0.2, -0.15) is 0 Å². The second-order valence-electron chi connectivity index (χ2n) is 8.21. The molecule has 4 aromatic rings. The van der Waals surface area contributed by atoms with Crippen molar-refractivity contribution >= 4 is 11.7 Å². The first kappa shape index (κ1) is 22.0. The Morgan fingerprint density at radius 2 is 2.03 bits per heavy atom. The first-order chi connectivity index (χ1) is 16.4. The van der Waals surface area contributed by atoms with Crippen LogP contribution in [0.3, 0.4) is 0 Å². The van der Waals surface area contributed by atoms with Crippen LogP contribution in [0.5, 0.6) is 0 Å². The zero-order valence-corrected chi connectivity index (χ0v) is 18.7. The van der Waals surface area contributed by atoms with E-state index < -0.39 is 17.7 Å². The molecule has 5 rings (SSSR count). The SMILES string of the molecule is COC(=O)N1CCO[C@@H](Cc2c(-c3c(F)cc(-n4ccnc4)cc3F)nc3cc(C)ccn23)C1. The summed E-state index contributed by atoms with van der Waals surface area (Å²) in [6, 6.07) is 6.27.